The molecule has 1 heterocycles. The van der Waals surface area contributed by atoms with Crippen LogP contribution in [0.2, 0.25) is 0 Å². The second-order valence-corrected chi connectivity index (χ2v) is 6.62. The number of rotatable bonds is 3. The molecule has 0 spiro atoms. The summed E-state index contributed by atoms with van der Waals surface area (Å²) in [5.41, 5.74) is 8.48. The monoisotopic (exact) mass is 455 g/mol. The Morgan fingerprint density at radius 2 is 2.00 bits per heavy atom. The summed E-state index contributed by atoms with van der Waals surface area (Å²) in [6.07, 6.45) is 0.606. The SMILES string of the molecule is Nc1ccc(I)cc1-c1nc(Cc2ccccc2Br)no1. The third kappa shape index (κ3) is 3.26. The predicted octanol–water partition coefficient (Wildman–Crippen LogP) is 4.28. The maximum absolute atomic E-state index is 5.97. The molecule has 3 rings (SSSR count). The fraction of sp³-hybridized carbons (Fsp3) is 0.0667. The molecule has 2 N–H and O–H groups in total. The third-order valence-electron chi connectivity index (χ3n) is 3.02. The summed E-state index contributed by atoms with van der Waals surface area (Å²) in [5.74, 6) is 1.09. The number of nitrogen functional groups attached to an aromatic ring is 1. The van der Waals surface area contributed by atoms with Crippen molar-refractivity contribution in [3.63, 3.8) is 0 Å². The molecule has 0 aliphatic carbocycles. The number of aromatic nitrogens is 2. The third-order valence-corrected chi connectivity index (χ3v) is 4.46. The van der Waals surface area contributed by atoms with E-state index in [1.54, 1.807) is 0 Å². The minimum atomic E-state index is 0.452. The van der Waals surface area contributed by atoms with Crippen LogP contribution in [0.1, 0.15) is 11.4 Å². The van der Waals surface area contributed by atoms with E-state index in [-0.39, 0.29) is 0 Å². The topological polar surface area (TPSA) is 64.9 Å². The van der Waals surface area contributed by atoms with Crippen LogP contribution in [0.3, 0.4) is 0 Å². The average Bonchev–Trinajstić information content (AvgIpc) is 2.92. The molecule has 106 valence electrons. The highest BCUT2D eigenvalue weighted by Gasteiger charge is 2.13. The van der Waals surface area contributed by atoms with E-state index >= 15 is 0 Å². The predicted molar refractivity (Wildman–Crippen MR) is 93.8 cm³/mol. The van der Waals surface area contributed by atoms with E-state index in [0.29, 0.717) is 23.8 Å². The van der Waals surface area contributed by atoms with Gasteiger partial charge >= 0.3 is 0 Å². The molecule has 0 aliphatic heterocycles. The molecule has 0 aliphatic rings. The van der Waals surface area contributed by atoms with Gasteiger partial charge in [0.25, 0.3) is 5.89 Å². The number of hydrogen-bond acceptors (Lipinski definition) is 4. The molecule has 0 unspecified atom stereocenters. The molecule has 2 aromatic carbocycles. The van der Waals surface area contributed by atoms with Gasteiger partial charge in [-0.05, 0) is 52.4 Å². The number of nitrogens with two attached hydrogens (primary N) is 1. The van der Waals surface area contributed by atoms with Crippen molar-refractivity contribution in [2.24, 2.45) is 0 Å². The fourth-order valence-corrected chi connectivity index (χ4v) is 2.88. The van der Waals surface area contributed by atoms with Gasteiger partial charge in [-0.3, -0.25) is 0 Å². The number of halogens is 2. The second kappa shape index (κ2) is 6.15. The van der Waals surface area contributed by atoms with E-state index in [2.05, 4.69) is 48.7 Å². The minimum Gasteiger partial charge on any atom is -0.398 e. The lowest BCUT2D eigenvalue weighted by Gasteiger charge is -2.01. The summed E-state index contributed by atoms with van der Waals surface area (Å²) < 4.78 is 7.44. The van der Waals surface area contributed by atoms with Gasteiger partial charge in [-0.2, -0.15) is 4.98 Å². The average molecular weight is 456 g/mol. The molecule has 6 heteroatoms. The molecule has 1 aromatic heterocycles. The molecular formula is C15H11BrIN3O. The molecule has 0 saturated carbocycles. The summed E-state index contributed by atoms with van der Waals surface area (Å²) in [7, 11) is 0. The van der Waals surface area contributed by atoms with Gasteiger partial charge in [-0.25, -0.2) is 0 Å². The van der Waals surface area contributed by atoms with Crippen LogP contribution in [0.25, 0.3) is 11.5 Å². The zero-order valence-electron chi connectivity index (χ0n) is 10.9. The van der Waals surface area contributed by atoms with Crippen molar-refractivity contribution in [3.05, 3.63) is 61.9 Å². The Morgan fingerprint density at radius 1 is 1.19 bits per heavy atom. The first-order valence-electron chi connectivity index (χ1n) is 6.25. The van der Waals surface area contributed by atoms with Crippen LogP contribution in [0.4, 0.5) is 5.69 Å². The molecular weight excluding hydrogens is 445 g/mol. The van der Waals surface area contributed by atoms with Crippen LogP contribution in [0, 0.1) is 3.57 Å². The van der Waals surface area contributed by atoms with Gasteiger partial charge in [0.05, 0.1) is 5.56 Å². The van der Waals surface area contributed by atoms with Crippen molar-refractivity contribution < 1.29 is 4.52 Å². The first-order chi connectivity index (χ1) is 10.1. The van der Waals surface area contributed by atoms with Gasteiger partial charge in [-0.1, -0.05) is 39.3 Å². The Bertz CT molecular complexity index is 788. The molecule has 0 atom stereocenters. The lowest BCUT2D eigenvalue weighted by molar-refractivity contribution is 0.424. The van der Waals surface area contributed by atoms with Crippen molar-refractivity contribution >= 4 is 44.2 Å². The molecule has 0 amide bonds. The molecule has 4 nitrogen and oxygen atoms in total. The largest absolute Gasteiger partial charge is 0.398 e. The number of nitrogens with zero attached hydrogens (tertiary/aromatic N) is 2. The molecule has 0 fully saturated rings. The van der Waals surface area contributed by atoms with Crippen molar-refractivity contribution in [2.75, 3.05) is 5.73 Å². The summed E-state index contributed by atoms with van der Waals surface area (Å²) in [6.45, 7) is 0. The summed E-state index contributed by atoms with van der Waals surface area (Å²) in [5, 5.41) is 4.03. The zero-order valence-corrected chi connectivity index (χ0v) is 14.6. The van der Waals surface area contributed by atoms with Gasteiger partial charge in [-0.15, -0.1) is 0 Å². The number of benzene rings is 2. The molecule has 3 aromatic rings. The number of hydrogen-bond donors (Lipinski definition) is 1. The van der Waals surface area contributed by atoms with Crippen molar-refractivity contribution in [3.8, 4) is 11.5 Å². The lowest BCUT2D eigenvalue weighted by Crippen LogP contribution is -1.93. The highest BCUT2D eigenvalue weighted by atomic mass is 127. The van der Waals surface area contributed by atoms with Crippen molar-refractivity contribution in [1.82, 2.24) is 10.1 Å². The Morgan fingerprint density at radius 3 is 2.81 bits per heavy atom. The van der Waals surface area contributed by atoms with Crippen LogP contribution < -0.4 is 5.73 Å². The lowest BCUT2D eigenvalue weighted by atomic mass is 10.1. The van der Waals surface area contributed by atoms with Gasteiger partial charge < -0.3 is 10.3 Å². The summed E-state index contributed by atoms with van der Waals surface area (Å²) >= 11 is 5.75. The second-order valence-electron chi connectivity index (χ2n) is 4.52. The Labute approximate surface area is 144 Å². The Hall–Kier alpha value is -1.41. The number of anilines is 1. The van der Waals surface area contributed by atoms with E-state index in [0.717, 1.165) is 19.2 Å². The van der Waals surface area contributed by atoms with Crippen LogP contribution in [0.5, 0.6) is 0 Å². The fourth-order valence-electron chi connectivity index (χ4n) is 1.96. The zero-order chi connectivity index (χ0) is 14.8. The van der Waals surface area contributed by atoms with E-state index < -0.39 is 0 Å². The molecule has 0 bridgehead atoms. The van der Waals surface area contributed by atoms with E-state index in [1.165, 1.54) is 0 Å². The minimum absolute atomic E-state index is 0.452. The van der Waals surface area contributed by atoms with Crippen LogP contribution in [0.15, 0.2) is 51.5 Å². The molecule has 21 heavy (non-hydrogen) atoms. The highest BCUT2D eigenvalue weighted by Crippen LogP contribution is 2.27. The standard InChI is InChI=1S/C15H11BrIN3O/c16-12-4-2-1-3-9(12)7-14-19-15(21-20-14)11-8-10(17)5-6-13(11)18/h1-6,8H,7,18H2. The van der Waals surface area contributed by atoms with E-state index in [9.17, 15) is 0 Å². The van der Waals surface area contributed by atoms with E-state index in [1.807, 2.05) is 42.5 Å². The van der Waals surface area contributed by atoms with Crippen LogP contribution in [-0.2, 0) is 6.42 Å². The van der Waals surface area contributed by atoms with E-state index in [4.69, 9.17) is 10.3 Å². The van der Waals surface area contributed by atoms with Crippen LogP contribution >= 0.6 is 38.5 Å². The normalized spacial score (nSPS) is 10.8. The van der Waals surface area contributed by atoms with Crippen molar-refractivity contribution in [1.29, 1.82) is 0 Å². The maximum Gasteiger partial charge on any atom is 0.260 e. The first kappa shape index (κ1) is 14.5. The van der Waals surface area contributed by atoms with Gasteiger partial charge in [0, 0.05) is 20.2 Å². The molecule has 0 radical (unpaired) electrons. The quantitative estimate of drug-likeness (QED) is 0.473. The van der Waals surface area contributed by atoms with Crippen LogP contribution in [-0.4, -0.2) is 10.1 Å². The van der Waals surface area contributed by atoms with Gasteiger partial charge in [0.15, 0.2) is 5.82 Å². The highest BCUT2D eigenvalue weighted by molar-refractivity contribution is 14.1. The van der Waals surface area contributed by atoms with Gasteiger partial charge in [0.2, 0.25) is 0 Å². The van der Waals surface area contributed by atoms with Gasteiger partial charge in [0.1, 0.15) is 0 Å². The summed E-state index contributed by atoms with van der Waals surface area (Å²) in [4.78, 5) is 4.44. The maximum atomic E-state index is 5.97. The Kier molecular flexibility index (Phi) is 4.25. The summed E-state index contributed by atoms with van der Waals surface area (Å²) in [6, 6.07) is 13.7. The van der Waals surface area contributed by atoms with Crippen molar-refractivity contribution in [2.45, 2.75) is 6.42 Å². The first-order valence-corrected chi connectivity index (χ1v) is 8.12. The molecule has 0 saturated heterocycles. The smallest absolute Gasteiger partial charge is 0.260 e. The Balaban J connectivity index is 1.90.